The van der Waals surface area contributed by atoms with Crippen LogP contribution < -0.4 is 0 Å². The Kier molecular flexibility index (Phi) is 2.29. The van der Waals surface area contributed by atoms with Crippen molar-refractivity contribution in [2.45, 2.75) is 0 Å². The SMILES string of the molecule is Fc1ccc2c(Cl)c(Cl)cnc2c1F. The maximum Gasteiger partial charge on any atom is 0.185 e. The van der Waals surface area contributed by atoms with E-state index in [4.69, 9.17) is 23.2 Å². The molecule has 0 spiro atoms. The van der Waals surface area contributed by atoms with Gasteiger partial charge < -0.3 is 0 Å². The van der Waals surface area contributed by atoms with Crippen molar-refractivity contribution in [1.29, 1.82) is 0 Å². The van der Waals surface area contributed by atoms with Crippen LogP contribution in [-0.4, -0.2) is 4.98 Å². The molecule has 0 N–H and O–H groups in total. The van der Waals surface area contributed by atoms with E-state index in [1.54, 1.807) is 0 Å². The first kappa shape index (κ1) is 9.62. The van der Waals surface area contributed by atoms with E-state index in [1.165, 1.54) is 12.3 Å². The van der Waals surface area contributed by atoms with E-state index in [0.717, 1.165) is 6.07 Å². The van der Waals surface area contributed by atoms with Gasteiger partial charge in [0, 0.05) is 11.6 Å². The fourth-order valence-corrected chi connectivity index (χ4v) is 1.50. The molecule has 1 nitrogen and oxygen atoms in total. The largest absolute Gasteiger partial charge is 0.251 e. The second kappa shape index (κ2) is 3.33. The van der Waals surface area contributed by atoms with Crippen molar-refractivity contribution in [2.24, 2.45) is 0 Å². The summed E-state index contributed by atoms with van der Waals surface area (Å²) in [6.45, 7) is 0. The molecule has 0 amide bonds. The summed E-state index contributed by atoms with van der Waals surface area (Å²) in [4.78, 5) is 3.67. The van der Waals surface area contributed by atoms with Crippen LogP contribution in [0.2, 0.25) is 10.0 Å². The van der Waals surface area contributed by atoms with Crippen molar-refractivity contribution < 1.29 is 8.78 Å². The maximum atomic E-state index is 13.2. The molecule has 0 aliphatic rings. The van der Waals surface area contributed by atoms with Crippen LogP contribution in [0.4, 0.5) is 8.78 Å². The van der Waals surface area contributed by atoms with Gasteiger partial charge in [0.1, 0.15) is 5.52 Å². The first-order valence-corrected chi connectivity index (χ1v) is 4.44. The Morgan fingerprint density at radius 3 is 2.57 bits per heavy atom. The first-order chi connectivity index (χ1) is 6.61. The third kappa shape index (κ3) is 1.33. The number of aromatic nitrogens is 1. The van der Waals surface area contributed by atoms with Crippen LogP contribution in [0.1, 0.15) is 0 Å². The first-order valence-electron chi connectivity index (χ1n) is 3.69. The number of halogens is 4. The Morgan fingerprint density at radius 2 is 1.86 bits per heavy atom. The zero-order valence-electron chi connectivity index (χ0n) is 6.69. The second-order valence-corrected chi connectivity index (χ2v) is 3.46. The highest BCUT2D eigenvalue weighted by atomic mass is 35.5. The molecule has 0 aliphatic carbocycles. The van der Waals surface area contributed by atoms with Gasteiger partial charge in [-0.3, -0.25) is 4.98 Å². The summed E-state index contributed by atoms with van der Waals surface area (Å²) in [6, 6.07) is 2.33. The van der Waals surface area contributed by atoms with E-state index in [2.05, 4.69) is 4.98 Å². The Labute approximate surface area is 88.3 Å². The number of benzene rings is 1. The van der Waals surface area contributed by atoms with Crippen LogP contribution in [-0.2, 0) is 0 Å². The Bertz CT molecular complexity index is 466. The summed E-state index contributed by atoms with van der Waals surface area (Å²) >= 11 is 11.5. The van der Waals surface area contributed by atoms with Crippen LogP contribution >= 0.6 is 23.2 Å². The Balaban J connectivity index is 2.94. The van der Waals surface area contributed by atoms with E-state index >= 15 is 0 Å². The number of hydrogen-bond acceptors (Lipinski definition) is 1. The van der Waals surface area contributed by atoms with Gasteiger partial charge in [0.2, 0.25) is 0 Å². The number of pyridine rings is 1. The third-order valence-electron chi connectivity index (χ3n) is 1.82. The summed E-state index contributed by atoms with van der Waals surface area (Å²) < 4.78 is 26.0. The molecule has 0 saturated carbocycles. The van der Waals surface area contributed by atoms with Gasteiger partial charge >= 0.3 is 0 Å². The summed E-state index contributed by atoms with van der Waals surface area (Å²) in [5.41, 5.74) is -0.112. The van der Waals surface area contributed by atoms with Gasteiger partial charge in [0.05, 0.1) is 10.0 Å². The average molecular weight is 234 g/mol. The predicted molar refractivity (Wildman–Crippen MR) is 51.7 cm³/mol. The lowest BCUT2D eigenvalue weighted by atomic mass is 10.2. The molecule has 2 rings (SSSR count). The number of hydrogen-bond donors (Lipinski definition) is 0. The summed E-state index contributed by atoms with van der Waals surface area (Å²) in [7, 11) is 0. The number of fused-ring (bicyclic) bond motifs is 1. The second-order valence-electron chi connectivity index (χ2n) is 2.68. The highest BCUT2D eigenvalue weighted by molar-refractivity contribution is 6.45. The Morgan fingerprint density at radius 1 is 1.14 bits per heavy atom. The lowest BCUT2D eigenvalue weighted by Crippen LogP contribution is -1.90. The zero-order valence-corrected chi connectivity index (χ0v) is 8.20. The minimum Gasteiger partial charge on any atom is -0.251 e. The molecule has 0 unspecified atom stereocenters. The van der Waals surface area contributed by atoms with Crippen LogP contribution in [0, 0.1) is 11.6 Å². The van der Waals surface area contributed by atoms with Crippen molar-refractivity contribution in [3.63, 3.8) is 0 Å². The monoisotopic (exact) mass is 233 g/mol. The molecule has 5 heteroatoms. The van der Waals surface area contributed by atoms with Gasteiger partial charge in [0.15, 0.2) is 11.6 Å². The molecule has 14 heavy (non-hydrogen) atoms. The third-order valence-corrected chi connectivity index (χ3v) is 2.61. The molecule has 0 fully saturated rings. The molecule has 0 saturated heterocycles. The fourth-order valence-electron chi connectivity index (χ4n) is 1.15. The zero-order chi connectivity index (χ0) is 10.3. The lowest BCUT2D eigenvalue weighted by Gasteiger charge is -2.02. The van der Waals surface area contributed by atoms with Gasteiger partial charge in [0.25, 0.3) is 0 Å². The van der Waals surface area contributed by atoms with E-state index in [9.17, 15) is 8.78 Å². The molecule has 2 aromatic rings. The standard InChI is InChI=1S/C9H3Cl2F2N/c10-5-3-14-9-4(7(5)11)1-2-6(12)8(9)13/h1-3H. The highest BCUT2D eigenvalue weighted by Gasteiger charge is 2.12. The van der Waals surface area contributed by atoms with Crippen molar-refractivity contribution >= 4 is 34.1 Å². The van der Waals surface area contributed by atoms with Crippen LogP contribution in [0.3, 0.4) is 0 Å². The molecule has 0 bridgehead atoms. The average Bonchev–Trinajstić information content (AvgIpc) is 2.17. The lowest BCUT2D eigenvalue weighted by molar-refractivity contribution is 0.515. The molecule has 1 heterocycles. The maximum absolute atomic E-state index is 13.2. The molecule has 72 valence electrons. The van der Waals surface area contributed by atoms with Gasteiger partial charge in [-0.1, -0.05) is 23.2 Å². The molecule has 0 atom stereocenters. The Hall–Kier alpha value is -0.930. The highest BCUT2D eigenvalue weighted by Crippen LogP contribution is 2.30. The van der Waals surface area contributed by atoms with Crippen LogP contribution in [0.5, 0.6) is 0 Å². The number of nitrogens with zero attached hydrogens (tertiary/aromatic N) is 1. The van der Waals surface area contributed by atoms with E-state index in [0.29, 0.717) is 5.39 Å². The van der Waals surface area contributed by atoms with E-state index in [-0.39, 0.29) is 15.6 Å². The fraction of sp³-hybridized carbons (Fsp3) is 0. The van der Waals surface area contributed by atoms with E-state index < -0.39 is 11.6 Å². The van der Waals surface area contributed by atoms with Gasteiger partial charge in [-0.05, 0) is 12.1 Å². The molecular formula is C9H3Cl2F2N. The van der Waals surface area contributed by atoms with Crippen molar-refractivity contribution in [1.82, 2.24) is 4.98 Å². The molecule has 1 aromatic heterocycles. The smallest absolute Gasteiger partial charge is 0.185 e. The molecule has 0 aliphatic heterocycles. The van der Waals surface area contributed by atoms with Crippen molar-refractivity contribution in [3.05, 3.63) is 40.0 Å². The summed E-state index contributed by atoms with van der Waals surface area (Å²) in [5, 5.41) is 0.693. The van der Waals surface area contributed by atoms with Gasteiger partial charge in [-0.15, -0.1) is 0 Å². The molecule has 1 aromatic carbocycles. The topological polar surface area (TPSA) is 12.9 Å². The summed E-state index contributed by atoms with van der Waals surface area (Å²) in [6.07, 6.45) is 1.19. The van der Waals surface area contributed by atoms with Crippen molar-refractivity contribution in [2.75, 3.05) is 0 Å². The predicted octanol–water partition coefficient (Wildman–Crippen LogP) is 3.82. The van der Waals surface area contributed by atoms with Gasteiger partial charge in [-0.2, -0.15) is 0 Å². The minimum absolute atomic E-state index is 0.112. The van der Waals surface area contributed by atoms with Crippen LogP contribution in [0.15, 0.2) is 18.3 Å². The van der Waals surface area contributed by atoms with Crippen LogP contribution in [0.25, 0.3) is 10.9 Å². The minimum atomic E-state index is -1.01. The number of rotatable bonds is 0. The van der Waals surface area contributed by atoms with Crippen molar-refractivity contribution in [3.8, 4) is 0 Å². The quantitative estimate of drug-likeness (QED) is 0.675. The molecular weight excluding hydrogens is 231 g/mol. The summed E-state index contributed by atoms with van der Waals surface area (Å²) in [5.74, 6) is -1.97. The normalized spacial score (nSPS) is 10.9. The molecule has 0 radical (unpaired) electrons. The van der Waals surface area contributed by atoms with Gasteiger partial charge in [-0.25, -0.2) is 8.78 Å². The van der Waals surface area contributed by atoms with E-state index in [1.807, 2.05) is 0 Å².